The summed E-state index contributed by atoms with van der Waals surface area (Å²) in [6, 6.07) is 16.8. The molecule has 1 N–H and O–H groups in total. The van der Waals surface area contributed by atoms with E-state index >= 15 is 0 Å². The van der Waals surface area contributed by atoms with Crippen LogP contribution in [-0.4, -0.2) is 0 Å². The molecule has 1 nitrogen and oxygen atoms in total. The van der Waals surface area contributed by atoms with Gasteiger partial charge in [-0.25, -0.2) is 0 Å². The second-order valence-corrected chi connectivity index (χ2v) is 4.44. The molecule has 0 amide bonds. The van der Waals surface area contributed by atoms with E-state index in [4.69, 9.17) is 11.6 Å². The summed E-state index contributed by atoms with van der Waals surface area (Å²) >= 11 is 6.27. The van der Waals surface area contributed by atoms with Crippen molar-refractivity contribution in [1.82, 2.24) is 5.32 Å². The van der Waals surface area contributed by atoms with Crippen LogP contribution in [0.2, 0.25) is 5.02 Å². The predicted molar refractivity (Wildman–Crippen MR) is 66.6 cm³/mol. The minimum atomic E-state index is 0.241. The first-order valence-electron chi connectivity index (χ1n) is 5.42. The van der Waals surface area contributed by atoms with E-state index in [0.717, 1.165) is 11.6 Å². The summed E-state index contributed by atoms with van der Waals surface area (Å²) in [4.78, 5) is 0. The highest BCUT2D eigenvalue weighted by atomic mass is 35.5. The lowest BCUT2D eigenvalue weighted by atomic mass is 9.98. The first-order valence-corrected chi connectivity index (χ1v) is 5.79. The maximum atomic E-state index is 6.27. The Kier molecular flexibility index (Phi) is 2.43. The van der Waals surface area contributed by atoms with Gasteiger partial charge in [0.05, 0.1) is 6.04 Å². The summed E-state index contributed by atoms with van der Waals surface area (Å²) in [5, 5.41) is 4.35. The fourth-order valence-corrected chi connectivity index (χ4v) is 2.61. The average Bonchev–Trinajstić information content (AvgIpc) is 2.75. The van der Waals surface area contributed by atoms with Gasteiger partial charge in [0.15, 0.2) is 0 Å². The lowest BCUT2D eigenvalue weighted by Crippen LogP contribution is -2.13. The Morgan fingerprint density at radius 2 is 1.81 bits per heavy atom. The Bertz CT molecular complexity index is 507. The summed E-state index contributed by atoms with van der Waals surface area (Å²) in [5.41, 5.74) is 3.81. The van der Waals surface area contributed by atoms with Gasteiger partial charge in [0.25, 0.3) is 0 Å². The van der Waals surface area contributed by atoms with Crippen LogP contribution in [0.15, 0.2) is 48.5 Å². The Labute approximate surface area is 100 Å². The number of hydrogen-bond donors (Lipinski definition) is 1. The minimum Gasteiger partial charge on any atom is -0.302 e. The third-order valence-corrected chi connectivity index (χ3v) is 3.39. The third kappa shape index (κ3) is 1.53. The standard InChI is InChI=1S/C14H12ClN/c15-12-8-4-7-11-9-16-14(13(11)12)10-5-2-1-3-6-10/h1-8,14,16H,9H2. The van der Waals surface area contributed by atoms with Gasteiger partial charge in [0.1, 0.15) is 0 Å². The van der Waals surface area contributed by atoms with Crippen LogP contribution in [-0.2, 0) is 6.54 Å². The highest BCUT2D eigenvalue weighted by Gasteiger charge is 2.25. The van der Waals surface area contributed by atoms with Gasteiger partial charge in [-0.3, -0.25) is 0 Å². The predicted octanol–water partition coefficient (Wildman–Crippen LogP) is 3.53. The zero-order valence-electron chi connectivity index (χ0n) is 8.78. The molecule has 2 heteroatoms. The topological polar surface area (TPSA) is 12.0 Å². The molecule has 1 atom stereocenters. The summed E-state index contributed by atoms with van der Waals surface area (Å²) < 4.78 is 0. The van der Waals surface area contributed by atoms with Crippen LogP contribution in [0, 0.1) is 0 Å². The molecule has 0 saturated heterocycles. The molecule has 1 unspecified atom stereocenters. The smallest absolute Gasteiger partial charge is 0.0597 e. The van der Waals surface area contributed by atoms with Crippen LogP contribution >= 0.6 is 11.6 Å². The summed E-state index contributed by atoms with van der Waals surface area (Å²) in [5.74, 6) is 0. The van der Waals surface area contributed by atoms with Crippen molar-refractivity contribution in [2.24, 2.45) is 0 Å². The summed E-state index contributed by atoms with van der Waals surface area (Å²) in [6.45, 7) is 0.898. The van der Waals surface area contributed by atoms with E-state index in [1.54, 1.807) is 0 Å². The highest BCUT2D eigenvalue weighted by Crippen LogP contribution is 2.35. The first kappa shape index (κ1) is 9.88. The van der Waals surface area contributed by atoms with E-state index in [2.05, 4.69) is 35.6 Å². The molecule has 1 heterocycles. The van der Waals surface area contributed by atoms with Crippen molar-refractivity contribution in [3.05, 3.63) is 70.2 Å². The van der Waals surface area contributed by atoms with Gasteiger partial charge in [-0.2, -0.15) is 0 Å². The second-order valence-electron chi connectivity index (χ2n) is 4.04. The van der Waals surface area contributed by atoms with E-state index in [-0.39, 0.29) is 6.04 Å². The molecular formula is C14H12ClN. The number of nitrogens with one attached hydrogen (secondary N) is 1. The van der Waals surface area contributed by atoms with Crippen molar-refractivity contribution in [2.45, 2.75) is 12.6 Å². The number of fused-ring (bicyclic) bond motifs is 1. The Morgan fingerprint density at radius 1 is 1.00 bits per heavy atom. The molecular weight excluding hydrogens is 218 g/mol. The van der Waals surface area contributed by atoms with Gasteiger partial charge in [0, 0.05) is 11.6 Å². The van der Waals surface area contributed by atoms with Gasteiger partial charge in [-0.05, 0) is 22.8 Å². The monoisotopic (exact) mass is 229 g/mol. The van der Waals surface area contributed by atoms with Crippen molar-refractivity contribution in [3.8, 4) is 0 Å². The van der Waals surface area contributed by atoms with Crippen LogP contribution in [0.25, 0.3) is 0 Å². The lowest BCUT2D eigenvalue weighted by Gasteiger charge is -2.13. The normalized spacial score (nSPS) is 18.4. The Balaban J connectivity index is 2.10. The molecule has 1 aliphatic rings. The Morgan fingerprint density at radius 3 is 2.62 bits per heavy atom. The molecule has 0 fully saturated rings. The van der Waals surface area contributed by atoms with E-state index < -0.39 is 0 Å². The average molecular weight is 230 g/mol. The lowest BCUT2D eigenvalue weighted by molar-refractivity contribution is 0.667. The van der Waals surface area contributed by atoms with Gasteiger partial charge in [-0.15, -0.1) is 0 Å². The quantitative estimate of drug-likeness (QED) is 0.789. The van der Waals surface area contributed by atoms with Crippen LogP contribution in [0.5, 0.6) is 0 Å². The zero-order chi connectivity index (χ0) is 11.0. The molecule has 2 aromatic rings. The molecule has 3 rings (SSSR count). The molecule has 1 aliphatic heterocycles. The number of halogens is 1. The maximum absolute atomic E-state index is 6.27. The molecule has 2 aromatic carbocycles. The van der Waals surface area contributed by atoms with Crippen molar-refractivity contribution in [2.75, 3.05) is 0 Å². The van der Waals surface area contributed by atoms with E-state index in [1.807, 2.05) is 18.2 Å². The van der Waals surface area contributed by atoms with E-state index in [1.165, 1.54) is 16.7 Å². The molecule has 0 bridgehead atoms. The van der Waals surface area contributed by atoms with Gasteiger partial charge in [0.2, 0.25) is 0 Å². The zero-order valence-corrected chi connectivity index (χ0v) is 9.54. The van der Waals surface area contributed by atoms with Gasteiger partial charge < -0.3 is 5.32 Å². The van der Waals surface area contributed by atoms with E-state index in [9.17, 15) is 0 Å². The van der Waals surface area contributed by atoms with Crippen molar-refractivity contribution >= 4 is 11.6 Å². The third-order valence-electron chi connectivity index (χ3n) is 3.06. The largest absolute Gasteiger partial charge is 0.302 e. The van der Waals surface area contributed by atoms with Gasteiger partial charge >= 0.3 is 0 Å². The summed E-state index contributed by atoms with van der Waals surface area (Å²) in [6.07, 6.45) is 0. The summed E-state index contributed by atoms with van der Waals surface area (Å²) in [7, 11) is 0. The molecule has 0 aliphatic carbocycles. The van der Waals surface area contributed by atoms with Crippen molar-refractivity contribution in [1.29, 1.82) is 0 Å². The molecule has 0 aromatic heterocycles. The number of hydrogen-bond acceptors (Lipinski definition) is 1. The van der Waals surface area contributed by atoms with E-state index in [0.29, 0.717) is 0 Å². The van der Waals surface area contributed by atoms with Crippen molar-refractivity contribution < 1.29 is 0 Å². The molecule has 0 spiro atoms. The van der Waals surface area contributed by atoms with Crippen LogP contribution in [0.1, 0.15) is 22.7 Å². The van der Waals surface area contributed by atoms with Crippen molar-refractivity contribution in [3.63, 3.8) is 0 Å². The van der Waals surface area contributed by atoms with Crippen LogP contribution < -0.4 is 5.32 Å². The molecule has 80 valence electrons. The maximum Gasteiger partial charge on any atom is 0.0597 e. The molecule has 0 radical (unpaired) electrons. The second kappa shape index (κ2) is 3.93. The fraction of sp³-hybridized carbons (Fsp3) is 0.143. The number of rotatable bonds is 1. The highest BCUT2D eigenvalue weighted by molar-refractivity contribution is 6.31. The number of benzene rings is 2. The van der Waals surface area contributed by atoms with Crippen LogP contribution in [0.4, 0.5) is 0 Å². The minimum absolute atomic E-state index is 0.241. The van der Waals surface area contributed by atoms with Gasteiger partial charge in [-0.1, -0.05) is 54.1 Å². The fourth-order valence-electron chi connectivity index (χ4n) is 2.30. The van der Waals surface area contributed by atoms with Crippen LogP contribution in [0.3, 0.4) is 0 Å². The SMILES string of the molecule is Clc1cccc2c1C(c1ccccc1)NC2. The molecule has 16 heavy (non-hydrogen) atoms. The Hall–Kier alpha value is -1.31. The molecule has 0 saturated carbocycles. The first-order chi connectivity index (χ1) is 7.86.